The zero-order valence-corrected chi connectivity index (χ0v) is 10.8. The van der Waals surface area contributed by atoms with Crippen molar-refractivity contribution >= 4 is 11.8 Å². The summed E-state index contributed by atoms with van der Waals surface area (Å²) in [6.07, 6.45) is 2.25. The van der Waals surface area contributed by atoms with Crippen LogP contribution in [0.25, 0.3) is 0 Å². The molecule has 102 valence electrons. The fourth-order valence-corrected chi connectivity index (χ4v) is 2.08. The van der Waals surface area contributed by atoms with E-state index in [0.29, 0.717) is 18.2 Å². The molecule has 0 radical (unpaired) electrons. The molecule has 0 aromatic heterocycles. The zero-order valence-electron chi connectivity index (χ0n) is 10.8. The maximum absolute atomic E-state index is 11.7. The average Bonchev–Trinajstić information content (AvgIpc) is 2.96. The van der Waals surface area contributed by atoms with Crippen LogP contribution in [0.3, 0.4) is 0 Å². The molecule has 1 saturated heterocycles. The Morgan fingerprint density at radius 3 is 2.68 bits per heavy atom. The van der Waals surface area contributed by atoms with E-state index in [1.165, 1.54) is 0 Å². The van der Waals surface area contributed by atoms with E-state index in [1.54, 1.807) is 24.3 Å². The molecule has 0 bridgehead atoms. The van der Waals surface area contributed by atoms with E-state index < -0.39 is 0 Å². The highest BCUT2D eigenvalue weighted by molar-refractivity contribution is 5.96. The summed E-state index contributed by atoms with van der Waals surface area (Å²) >= 11 is 0. The number of carbonyl (C=O) groups is 2. The summed E-state index contributed by atoms with van der Waals surface area (Å²) in [6.45, 7) is 1.66. The van der Waals surface area contributed by atoms with Crippen LogP contribution in [-0.2, 0) is 4.79 Å². The molecule has 1 atom stereocenters. The van der Waals surface area contributed by atoms with Crippen LogP contribution in [0.2, 0.25) is 0 Å². The predicted molar refractivity (Wildman–Crippen MR) is 72.8 cm³/mol. The first-order chi connectivity index (χ1) is 9.25. The molecular weight excluding hydrogens is 242 g/mol. The molecule has 0 aliphatic carbocycles. The summed E-state index contributed by atoms with van der Waals surface area (Å²) in [5.41, 5.74) is 0.563. The van der Waals surface area contributed by atoms with Gasteiger partial charge in [0.15, 0.2) is 0 Å². The summed E-state index contributed by atoms with van der Waals surface area (Å²) < 4.78 is 0. The summed E-state index contributed by atoms with van der Waals surface area (Å²) in [7, 11) is 0. The number of benzene rings is 1. The van der Waals surface area contributed by atoms with Crippen molar-refractivity contribution in [3.8, 4) is 0 Å². The Kier molecular flexibility index (Phi) is 4.92. The van der Waals surface area contributed by atoms with E-state index in [4.69, 9.17) is 0 Å². The van der Waals surface area contributed by atoms with Crippen molar-refractivity contribution in [1.29, 1.82) is 0 Å². The Labute approximate surface area is 112 Å². The average molecular weight is 261 g/mol. The van der Waals surface area contributed by atoms with Gasteiger partial charge in [0.05, 0.1) is 6.54 Å². The van der Waals surface area contributed by atoms with Gasteiger partial charge < -0.3 is 16.0 Å². The van der Waals surface area contributed by atoms with E-state index in [0.717, 1.165) is 19.4 Å². The van der Waals surface area contributed by atoms with E-state index in [2.05, 4.69) is 16.0 Å². The number of rotatable bonds is 5. The smallest absolute Gasteiger partial charge is 0.251 e. The van der Waals surface area contributed by atoms with Crippen LogP contribution in [-0.4, -0.2) is 37.5 Å². The Bertz CT molecular complexity index is 428. The van der Waals surface area contributed by atoms with Crippen molar-refractivity contribution in [1.82, 2.24) is 16.0 Å². The van der Waals surface area contributed by atoms with Crippen LogP contribution in [0.5, 0.6) is 0 Å². The highest BCUT2D eigenvalue weighted by Gasteiger charge is 2.14. The standard InChI is InChI=1S/C14H19N3O2/c18-13(16-9-12-7-4-8-15-12)10-17-14(19)11-5-2-1-3-6-11/h1-3,5-6,12,15H,4,7-10H2,(H,16,18)(H,17,19). The Morgan fingerprint density at radius 2 is 2.00 bits per heavy atom. The van der Waals surface area contributed by atoms with Gasteiger partial charge in [-0.25, -0.2) is 0 Å². The summed E-state index contributed by atoms with van der Waals surface area (Å²) in [4.78, 5) is 23.3. The molecule has 0 spiro atoms. The zero-order chi connectivity index (χ0) is 13.5. The van der Waals surface area contributed by atoms with Gasteiger partial charge in [0.1, 0.15) is 0 Å². The normalized spacial score (nSPS) is 18.0. The van der Waals surface area contributed by atoms with Crippen LogP contribution in [0.15, 0.2) is 30.3 Å². The molecule has 5 nitrogen and oxygen atoms in total. The number of carbonyl (C=O) groups excluding carboxylic acids is 2. The second-order valence-corrected chi connectivity index (χ2v) is 4.65. The molecule has 0 saturated carbocycles. The first-order valence-corrected chi connectivity index (χ1v) is 6.59. The van der Waals surface area contributed by atoms with Crippen LogP contribution in [0, 0.1) is 0 Å². The van der Waals surface area contributed by atoms with Crippen molar-refractivity contribution in [2.24, 2.45) is 0 Å². The van der Waals surface area contributed by atoms with E-state index in [-0.39, 0.29) is 18.4 Å². The maximum Gasteiger partial charge on any atom is 0.251 e. The minimum absolute atomic E-state index is 0.0143. The highest BCUT2D eigenvalue weighted by Crippen LogP contribution is 2.02. The molecule has 1 unspecified atom stereocenters. The van der Waals surface area contributed by atoms with Crippen molar-refractivity contribution in [3.63, 3.8) is 0 Å². The third-order valence-corrected chi connectivity index (χ3v) is 3.15. The first kappa shape index (κ1) is 13.5. The van der Waals surface area contributed by atoms with Gasteiger partial charge in [-0.1, -0.05) is 18.2 Å². The summed E-state index contributed by atoms with van der Waals surface area (Å²) in [5, 5.41) is 8.72. The number of hydrogen-bond donors (Lipinski definition) is 3. The molecule has 1 fully saturated rings. The molecule has 3 N–H and O–H groups in total. The number of amides is 2. The Hall–Kier alpha value is -1.88. The topological polar surface area (TPSA) is 70.2 Å². The lowest BCUT2D eigenvalue weighted by Gasteiger charge is -2.11. The molecule has 5 heteroatoms. The van der Waals surface area contributed by atoms with E-state index in [9.17, 15) is 9.59 Å². The molecule has 1 heterocycles. The highest BCUT2D eigenvalue weighted by atomic mass is 16.2. The summed E-state index contributed by atoms with van der Waals surface area (Å²) in [6, 6.07) is 9.24. The van der Waals surface area contributed by atoms with Gasteiger partial charge in [-0.2, -0.15) is 0 Å². The first-order valence-electron chi connectivity index (χ1n) is 6.59. The third-order valence-electron chi connectivity index (χ3n) is 3.15. The largest absolute Gasteiger partial charge is 0.353 e. The van der Waals surface area contributed by atoms with E-state index in [1.807, 2.05) is 6.07 Å². The fourth-order valence-electron chi connectivity index (χ4n) is 2.08. The molecule has 19 heavy (non-hydrogen) atoms. The number of hydrogen-bond acceptors (Lipinski definition) is 3. The summed E-state index contributed by atoms with van der Waals surface area (Å²) in [5.74, 6) is -0.382. The second kappa shape index (κ2) is 6.89. The predicted octanol–water partition coefficient (Wildman–Crippen LogP) is 0.285. The molecular formula is C14H19N3O2. The number of nitrogens with one attached hydrogen (secondary N) is 3. The lowest BCUT2D eigenvalue weighted by molar-refractivity contribution is -0.120. The van der Waals surface area contributed by atoms with Gasteiger partial charge >= 0.3 is 0 Å². The lowest BCUT2D eigenvalue weighted by atomic mass is 10.2. The van der Waals surface area contributed by atoms with Gasteiger partial charge in [-0.15, -0.1) is 0 Å². The minimum Gasteiger partial charge on any atom is -0.353 e. The van der Waals surface area contributed by atoms with E-state index >= 15 is 0 Å². The lowest BCUT2D eigenvalue weighted by Crippen LogP contribution is -2.42. The van der Waals surface area contributed by atoms with Crippen molar-refractivity contribution < 1.29 is 9.59 Å². The van der Waals surface area contributed by atoms with Crippen molar-refractivity contribution in [3.05, 3.63) is 35.9 Å². The van der Waals surface area contributed by atoms with Crippen LogP contribution in [0.4, 0.5) is 0 Å². The minimum atomic E-state index is -0.227. The maximum atomic E-state index is 11.7. The van der Waals surface area contributed by atoms with Crippen molar-refractivity contribution in [2.75, 3.05) is 19.6 Å². The Balaban J connectivity index is 1.67. The fraction of sp³-hybridized carbons (Fsp3) is 0.429. The van der Waals surface area contributed by atoms with Crippen LogP contribution >= 0.6 is 0 Å². The molecule has 1 aliphatic rings. The molecule has 1 aromatic carbocycles. The van der Waals surface area contributed by atoms with Crippen LogP contribution in [0.1, 0.15) is 23.2 Å². The van der Waals surface area contributed by atoms with Crippen LogP contribution < -0.4 is 16.0 Å². The van der Waals surface area contributed by atoms with Gasteiger partial charge in [0.25, 0.3) is 5.91 Å². The monoisotopic (exact) mass is 261 g/mol. The SMILES string of the molecule is O=C(CNC(=O)c1ccccc1)NCC1CCCN1. The second-order valence-electron chi connectivity index (χ2n) is 4.65. The Morgan fingerprint density at radius 1 is 1.21 bits per heavy atom. The van der Waals surface area contributed by atoms with Gasteiger partial charge in [-0.3, -0.25) is 9.59 Å². The quantitative estimate of drug-likeness (QED) is 0.713. The van der Waals surface area contributed by atoms with Crippen molar-refractivity contribution in [2.45, 2.75) is 18.9 Å². The molecule has 1 aliphatic heterocycles. The van der Waals surface area contributed by atoms with Gasteiger partial charge in [-0.05, 0) is 31.5 Å². The van der Waals surface area contributed by atoms with Gasteiger partial charge in [0.2, 0.25) is 5.91 Å². The molecule has 2 rings (SSSR count). The van der Waals surface area contributed by atoms with Gasteiger partial charge in [0, 0.05) is 18.2 Å². The third kappa shape index (κ3) is 4.37. The molecule has 1 aromatic rings. The molecule has 2 amide bonds.